The van der Waals surface area contributed by atoms with Crippen LogP contribution in [0.3, 0.4) is 0 Å². The Bertz CT molecular complexity index is 1370. The van der Waals surface area contributed by atoms with Gasteiger partial charge in [-0.25, -0.2) is 4.79 Å². The maximum atomic E-state index is 12.8. The highest BCUT2D eigenvalue weighted by molar-refractivity contribution is 5.72. The van der Waals surface area contributed by atoms with Crippen molar-refractivity contribution in [3.05, 3.63) is 85.1 Å². The number of carbonyl (C=O) groups is 3. The summed E-state index contributed by atoms with van der Waals surface area (Å²) in [5.41, 5.74) is 0. The molecule has 0 aliphatic heterocycles. The number of hydrogen-bond donors (Lipinski definition) is 1. The third-order valence-corrected chi connectivity index (χ3v) is 11.8. The van der Waals surface area contributed by atoms with Crippen LogP contribution in [0.2, 0.25) is 0 Å². The number of ether oxygens (including phenoxy) is 3. The van der Waals surface area contributed by atoms with Crippen LogP contribution in [0.4, 0.5) is 0 Å². The SMILES string of the molecule is CC/C=C/C/C=C/C/C=C/C/C=C/C/C=C/CCCCCCCCCC(=O)OC(COCCC(C(=O)O)[N+](C)(C)C)COC(=O)CCCCCCCCCCCC/C=C/C=C/CCCCCC. The normalized spacial score (nSPS) is 13.5. The molecule has 67 heavy (non-hydrogen) atoms. The van der Waals surface area contributed by atoms with Crippen LogP contribution in [0.25, 0.3) is 0 Å². The number of esters is 2. The van der Waals surface area contributed by atoms with Crippen molar-refractivity contribution in [2.75, 3.05) is 41.0 Å². The monoisotopic (exact) mass is 937 g/mol. The molecule has 0 rings (SSSR count). The minimum absolute atomic E-state index is 0.0517. The number of aliphatic carboxylic acids is 1. The Labute approximate surface area is 412 Å². The summed E-state index contributed by atoms with van der Waals surface area (Å²) >= 11 is 0. The number of unbranched alkanes of at least 4 members (excludes halogenated alkanes) is 21. The van der Waals surface area contributed by atoms with Gasteiger partial charge in [-0.1, -0.05) is 202 Å². The Morgan fingerprint density at radius 3 is 1.33 bits per heavy atom. The minimum atomic E-state index is -0.879. The summed E-state index contributed by atoms with van der Waals surface area (Å²) in [4.78, 5) is 37.2. The fourth-order valence-corrected chi connectivity index (χ4v) is 7.64. The van der Waals surface area contributed by atoms with E-state index in [9.17, 15) is 19.5 Å². The first-order chi connectivity index (χ1) is 32.6. The van der Waals surface area contributed by atoms with E-state index in [2.05, 4.69) is 98.9 Å². The second kappa shape index (κ2) is 48.9. The van der Waals surface area contributed by atoms with E-state index in [-0.39, 0.29) is 36.2 Å². The van der Waals surface area contributed by atoms with Gasteiger partial charge in [-0.3, -0.25) is 9.59 Å². The molecule has 384 valence electrons. The molecule has 2 atom stereocenters. The second-order valence-electron chi connectivity index (χ2n) is 19.1. The van der Waals surface area contributed by atoms with E-state index < -0.39 is 18.1 Å². The topological polar surface area (TPSA) is 99.1 Å². The zero-order chi connectivity index (χ0) is 49.2. The van der Waals surface area contributed by atoms with Crippen LogP contribution in [0.5, 0.6) is 0 Å². The summed E-state index contributed by atoms with van der Waals surface area (Å²) in [7, 11) is 5.53. The van der Waals surface area contributed by atoms with Crippen LogP contribution >= 0.6 is 0 Å². The van der Waals surface area contributed by atoms with E-state index in [1.165, 1.54) is 103 Å². The Hall–Kier alpha value is -3.49. The lowest BCUT2D eigenvalue weighted by Crippen LogP contribution is -2.50. The quantitative estimate of drug-likeness (QED) is 0.0213. The summed E-state index contributed by atoms with van der Waals surface area (Å²) in [5, 5.41) is 9.67. The van der Waals surface area contributed by atoms with Crippen molar-refractivity contribution in [3.8, 4) is 0 Å². The molecule has 0 bridgehead atoms. The van der Waals surface area contributed by atoms with Crippen molar-refractivity contribution in [2.45, 2.75) is 231 Å². The number of quaternary nitrogens is 1. The maximum Gasteiger partial charge on any atom is 0.362 e. The first-order valence-electron chi connectivity index (χ1n) is 27.1. The summed E-state index contributed by atoms with van der Waals surface area (Å²) < 4.78 is 17.4. The fourth-order valence-electron chi connectivity index (χ4n) is 7.64. The lowest BCUT2D eigenvalue weighted by atomic mass is 10.1. The van der Waals surface area contributed by atoms with Crippen molar-refractivity contribution < 1.29 is 38.2 Å². The standard InChI is InChI=1S/C59H101NO7/c1-6-8-10-12-14-16-18-20-22-24-26-28-29-30-32-34-36-38-40-42-44-46-48-50-58(62)67-55(53-65-52-51-56(59(63)64)60(3,4)5)54-66-57(61)49-47-45-43-41-39-37-35-33-31-27-25-23-21-19-17-15-13-11-9-7-2/h8,10,14,16-17,19-23,26,28,30,32,55-56H,6-7,9,11-13,15,18,24-25,27,29,31,33-54H2,1-5H3/p+1/b10-8+,16-14+,19-17+,22-20+,23-21+,28-26+,32-30+. The van der Waals surface area contributed by atoms with Crippen LogP contribution < -0.4 is 0 Å². The molecule has 8 nitrogen and oxygen atoms in total. The van der Waals surface area contributed by atoms with Crippen LogP contribution in [-0.4, -0.2) is 80.6 Å². The number of carboxylic acid groups (broad SMARTS) is 1. The van der Waals surface area contributed by atoms with Gasteiger partial charge < -0.3 is 23.8 Å². The van der Waals surface area contributed by atoms with Crippen molar-refractivity contribution in [1.82, 2.24) is 0 Å². The third-order valence-electron chi connectivity index (χ3n) is 11.8. The van der Waals surface area contributed by atoms with Crippen LogP contribution in [0, 0.1) is 0 Å². The third kappa shape index (κ3) is 47.4. The maximum absolute atomic E-state index is 12.8. The molecule has 8 heteroatoms. The Morgan fingerprint density at radius 1 is 0.478 bits per heavy atom. The average Bonchev–Trinajstić information content (AvgIpc) is 3.29. The van der Waals surface area contributed by atoms with Crippen LogP contribution in [-0.2, 0) is 28.6 Å². The van der Waals surface area contributed by atoms with Crippen molar-refractivity contribution >= 4 is 17.9 Å². The molecule has 0 spiro atoms. The van der Waals surface area contributed by atoms with Gasteiger partial charge in [0.2, 0.25) is 0 Å². The molecule has 0 aromatic rings. The average molecular weight is 937 g/mol. The van der Waals surface area contributed by atoms with Crippen molar-refractivity contribution in [3.63, 3.8) is 0 Å². The molecule has 0 aromatic carbocycles. The number of rotatable bonds is 48. The van der Waals surface area contributed by atoms with Gasteiger partial charge in [0, 0.05) is 19.3 Å². The number of allylic oxidation sites excluding steroid dienone is 14. The van der Waals surface area contributed by atoms with Crippen molar-refractivity contribution in [1.29, 1.82) is 0 Å². The van der Waals surface area contributed by atoms with E-state index in [0.717, 1.165) is 83.5 Å². The molecule has 0 amide bonds. The predicted molar refractivity (Wildman–Crippen MR) is 284 cm³/mol. The molecule has 0 aliphatic carbocycles. The van der Waals surface area contributed by atoms with Gasteiger partial charge in [0.25, 0.3) is 0 Å². The highest BCUT2D eigenvalue weighted by Gasteiger charge is 2.31. The Morgan fingerprint density at radius 2 is 0.881 bits per heavy atom. The van der Waals surface area contributed by atoms with Crippen molar-refractivity contribution in [2.24, 2.45) is 0 Å². The van der Waals surface area contributed by atoms with Gasteiger partial charge in [0.1, 0.15) is 6.61 Å². The van der Waals surface area contributed by atoms with Gasteiger partial charge in [0.05, 0.1) is 34.4 Å². The number of hydrogen-bond acceptors (Lipinski definition) is 6. The molecule has 0 fully saturated rings. The molecular weight excluding hydrogens is 835 g/mol. The molecule has 0 radical (unpaired) electrons. The lowest BCUT2D eigenvalue weighted by Gasteiger charge is -2.31. The highest BCUT2D eigenvalue weighted by atomic mass is 16.6. The number of carboxylic acids is 1. The summed E-state index contributed by atoms with van der Waals surface area (Å²) in [5.74, 6) is -1.49. The Balaban J connectivity index is 4.26. The van der Waals surface area contributed by atoms with E-state index in [1.807, 2.05) is 21.1 Å². The molecule has 0 aliphatic rings. The molecule has 0 heterocycles. The first kappa shape index (κ1) is 63.5. The Kier molecular flexibility index (Phi) is 46.4. The molecular formula is C59H102NO7+. The lowest BCUT2D eigenvalue weighted by molar-refractivity contribution is -0.887. The summed E-state index contributed by atoms with van der Waals surface area (Å²) in [6.45, 7) is 4.60. The fraction of sp³-hybridized carbons (Fsp3) is 0.712. The van der Waals surface area contributed by atoms with E-state index in [0.29, 0.717) is 19.3 Å². The summed E-state index contributed by atoms with van der Waals surface area (Å²) in [6, 6.07) is -0.622. The van der Waals surface area contributed by atoms with Crippen LogP contribution in [0.1, 0.15) is 219 Å². The van der Waals surface area contributed by atoms with Gasteiger partial charge in [0.15, 0.2) is 12.1 Å². The molecule has 0 aromatic heterocycles. The zero-order valence-corrected chi connectivity index (χ0v) is 43.8. The van der Waals surface area contributed by atoms with Gasteiger partial charge in [-0.05, 0) is 83.5 Å². The largest absolute Gasteiger partial charge is 0.477 e. The molecule has 2 unspecified atom stereocenters. The molecule has 1 N–H and O–H groups in total. The van der Waals surface area contributed by atoms with Gasteiger partial charge in [-0.15, -0.1) is 0 Å². The predicted octanol–water partition coefficient (Wildman–Crippen LogP) is 16.0. The van der Waals surface area contributed by atoms with Gasteiger partial charge >= 0.3 is 17.9 Å². The second-order valence-corrected chi connectivity index (χ2v) is 19.1. The number of nitrogens with zero attached hydrogens (tertiary/aromatic N) is 1. The highest BCUT2D eigenvalue weighted by Crippen LogP contribution is 2.15. The smallest absolute Gasteiger partial charge is 0.362 e. The summed E-state index contributed by atoms with van der Waals surface area (Å²) in [6.07, 6.45) is 64.9. The first-order valence-corrected chi connectivity index (χ1v) is 27.1. The zero-order valence-electron chi connectivity index (χ0n) is 43.8. The van der Waals surface area contributed by atoms with E-state index in [1.54, 1.807) is 0 Å². The van der Waals surface area contributed by atoms with Gasteiger partial charge in [-0.2, -0.15) is 0 Å². The van der Waals surface area contributed by atoms with E-state index in [4.69, 9.17) is 14.2 Å². The van der Waals surface area contributed by atoms with Crippen LogP contribution in [0.15, 0.2) is 85.1 Å². The molecule has 0 saturated carbocycles. The number of carbonyl (C=O) groups excluding carboxylic acids is 2. The minimum Gasteiger partial charge on any atom is -0.477 e. The number of likely N-dealkylation sites (N-methyl/N-ethyl adjacent to an activating group) is 1. The molecule has 0 saturated heterocycles. The van der Waals surface area contributed by atoms with E-state index >= 15 is 0 Å².